The summed E-state index contributed by atoms with van der Waals surface area (Å²) < 4.78 is 14.7. The zero-order chi connectivity index (χ0) is 29.8. The van der Waals surface area contributed by atoms with E-state index in [4.69, 9.17) is 19.3 Å². The lowest BCUT2D eigenvalue weighted by Crippen LogP contribution is -2.51. The highest BCUT2D eigenvalue weighted by Crippen LogP contribution is 2.51. The molecule has 4 heterocycles. The maximum absolute atomic E-state index is 12.8. The fourth-order valence-corrected chi connectivity index (χ4v) is 7.05. The molecule has 0 radical (unpaired) electrons. The van der Waals surface area contributed by atoms with Crippen LogP contribution in [0.2, 0.25) is 0 Å². The summed E-state index contributed by atoms with van der Waals surface area (Å²) in [4.78, 5) is 38.6. The van der Waals surface area contributed by atoms with E-state index in [-0.39, 0.29) is 23.5 Å². The van der Waals surface area contributed by atoms with Crippen molar-refractivity contribution in [2.45, 2.75) is 69.4 Å². The molecule has 2 aromatic carbocycles. The Kier molecular flexibility index (Phi) is 6.95. The second-order valence-electron chi connectivity index (χ2n) is 13.2. The van der Waals surface area contributed by atoms with Gasteiger partial charge in [0.2, 0.25) is 0 Å². The summed E-state index contributed by atoms with van der Waals surface area (Å²) >= 11 is 0. The van der Waals surface area contributed by atoms with E-state index < -0.39 is 5.60 Å². The average molecular weight is 585 g/mol. The van der Waals surface area contributed by atoms with Crippen molar-refractivity contribution in [2.24, 2.45) is 13.0 Å². The van der Waals surface area contributed by atoms with E-state index in [9.17, 15) is 9.59 Å². The van der Waals surface area contributed by atoms with Crippen LogP contribution in [0.15, 0.2) is 54.6 Å². The first-order chi connectivity index (χ1) is 20.7. The van der Waals surface area contributed by atoms with Crippen LogP contribution in [0.3, 0.4) is 0 Å². The summed E-state index contributed by atoms with van der Waals surface area (Å²) in [6.45, 7) is 6.54. The monoisotopic (exact) mass is 584 g/mol. The van der Waals surface area contributed by atoms with Gasteiger partial charge in [-0.05, 0) is 69.7 Å². The lowest BCUT2D eigenvalue weighted by Gasteiger charge is -2.44. The molecular weight excluding hydrogens is 544 g/mol. The number of fused-ring (bicyclic) bond motifs is 4. The molecule has 1 amide bonds. The van der Waals surface area contributed by atoms with Gasteiger partial charge >= 0.3 is 12.1 Å². The Hall–Kier alpha value is -3.85. The Labute approximate surface area is 252 Å². The van der Waals surface area contributed by atoms with E-state index in [2.05, 4.69) is 31.5 Å². The molecule has 3 aliphatic heterocycles. The Morgan fingerprint density at radius 1 is 0.977 bits per heavy atom. The third-order valence-corrected chi connectivity index (χ3v) is 9.65. The van der Waals surface area contributed by atoms with Crippen LogP contribution < -0.4 is 4.74 Å². The van der Waals surface area contributed by atoms with Gasteiger partial charge in [-0.1, -0.05) is 30.3 Å². The zero-order valence-corrected chi connectivity index (χ0v) is 25.3. The van der Waals surface area contributed by atoms with Gasteiger partial charge in [0.05, 0.1) is 29.1 Å². The molecule has 0 N–H and O–H groups in total. The zero-order valence-electron chi connectivity index (χ0n) is 25.3. The van der Waals surface area contributed by atoms with Crippen LogP contribution in [0.5, 0.6) is 5.75 Å². The molecular formula is C34H40N4O5. The highest BCUT2D eigenvalue weighted by molar-refractivity contribution is 5.89. The smallest absolute Gasteiger partial charge is 0.409 e. The number of aromatic nitrogens is 2. The van der Waals surface area contributed by atoms with Gasteiger partial charge in [-0.25, -0.2) is 14.6 Å². The minimum Gasteiger partial charge on any atom is -0.480 e. The molecule has 1 aromatic heterocycles. The SMILES string of the molecule is Cn1c([C@@H]2CCN(OC(=O)c3ccccc3)C(C)(C)C2)nc2c1C1(CCN(C(=O)OCC3CC3)CC1)Oc1ccccc1-2. The van der Waals surface area contributed by atoms with Crippen LogP contribution in [0.4, 0.5) is 4.79 Å². The van der Waals surface area contributed by atoms with Crippen molar-refractivity contribution >= 4 is 12.1 Å². The van der Waals surface area contributed by atoms with Crippen molar-refractivity contribution in [3.63, 3.8) is 0 Å². The number of imidazole rings is 1. The van der Waals surface area contributed by atoms with E-state index >= 15 is 0 Å². The number of nitrogens with zero attached hydrogens (tertiary/aromatic N) is 4. The summed E-state index contributed by atoms with van der Waals surface area (Å²) in [6.07, 6.45) is 5.04. The van der Waals surface area contributed by atoms with Crippen LogP contribution >= 0.6 is 0 Å². The van der Waals surface area contributed by atoms with E-state index in [0.717, 1.165) is 54.2 Å². The molecule has 226 valence electrons. The van der Waals surface area contributed by atoms with Crippen molar-refractivity contribution in [3.05, 3.63) is 71.7 Å². The van der Waals surface area contributed by atoms with E-state index in [1.807, 2.05) is 46.4 Å². The van der Waals surface area contributed by atoms with E-state index in [0.29, 0.717) is 50.6 Å². The summed E-state index contributed by atoms with van der Waals surface area (Å²) in [7, 11) is 2.10. The quantitative estimate of drug-likeness (QED) is 0.361. The molecule has 9 heteroatoms. The first-order valence-corrected chi connectivity index (χ1v) is 15.6. The first kappa shape index (κ1) is 28.0. The number of hydrogen-bond acceptors (Lipinski definition) is 7. The first-order valence-electron chi connectivity index (χ1n) is 15.6. The van der Waals surface area contributed by atoms with Crippen LogP contribution in [-0.2, 0) is 22.2 Å². The Morgan fingerprint density at radius 3 is 2.42 bits per heavy atom. The number of likely N-dealkylation sites (tertiary alicyclic amines) is 1. The van der Waals surface area contributed by atoms with Crippen LogP contribution in [0, 0.1) is 5.92 Å². The van der Waals surface area contributed by atoms with Crippen molar-refractivity contribution in [2.75, 3.05) is 26.2 Å². The van der Waals surface area contributed by atoms with Gasteiger partial charge in [-0.2, -0.15) is 0 Å². The number of amides is 1. The minimum absolute atomic E-state index is 0.180. The van der Waals surface area contributed by atoms with Gasteiger partial charge in [0.15, 0.2) is 5.60 Å². The molecule has 0 unspecified atom stereocenters. The molecule has 9 nitrogen and oxygen atoms in total. The highest BCUT2D eigenvalue weighted by atomic mass is 16.7. The summed E-state index contributed by atoms with van der Waals surface area (Å²) in [5, 5.41) is 1.83. The highest BCUT2D eigenvalue weighted by Gasteiger charge is 2.49. The van der Waals surface area contributed by atoms with Gasteiger partial charge in [-0.15, -0.1) is 5.06 Å². The van der Waals surface area contributed by atoms with Gasteiger partial charge in [0.1, 0.15) is 11.6 Å². The molecule has 3 aromatic rings. The van der Waals surface area contributed by atoms with Gasteiger partial charge in [0.25, 0.3) is 0 Å². The third kappa shape index (κ3) is 5.18. The van der Waals surface area contributed by atoms with Crippen LogP contribution in [0.1, 0.15) is 80.2 Å². The van der Waals surface area contributed by atoms with Gasteiger partial charge in [-0.3, -0.25) is 0 Å². The summed E-state index contributed by atoms with van der Waals surface area (Å²) in [6, 6.07) is 17.3. The molecule has 1 spiro atoms. The molecule has 2 saturated heterocycles. The molecule has 4 aliphatic rings. The number of piperidine rings is 2. The number of rotatable bonds is 5. The van der Waals surface area contributed by atoms with Crippen molar-refractivity contribution in [1.82, 2.24) is 19.5 Å². The normalized spacial score (nSPS) is 22.3. The lowest BCUT2D eigenvalue weighted by molar-refractivity contribution is -0.185. The lowest BCUT2D eigenvalue weighted by atomic mass is 9.82. The topological polar surface area (TPSA) is 86.1 Å². The number of hydrogen-bond donors (Lipinski definition) is 0. The molecule has 1 aliphatic carbocycles. The van der Waals surface area contributed by atoms with Gasteiger partial charge in [0, 0.05) is 51.0 Å². The molecule has 1 saturated carbocycles. The molecule has 3 fully saturated rings. The van der Waals surface area contributed by atoms with E-state index in [1.165, 1.54) is 0 Å². The molecule has 43 heavy (non-hydrogen) atoms. The fraction of sp³-hybridized carbons (Fsp3) is 0.500. The van der Waals surface area contributed by atoms with Crippen LogP contribution in [0.25, 0.3) is 11.3 Å². The van der Waals surface area contributed by atoms with E-state index in [1.54, 1.807) is 12.1 Å². The Morgan fingerprint density at radius 2 is 1.70 bits per heavy atom. The fourth-order valence-electron chi connectivity index (χ4n) is 7.05. The predicted octanol–water partition coefficient (Wildman–Crippen LogP) is 6.05. The number of hydroxylamine groups is 2. The number of ether oxygens (including phenoxy) is 2. The molecule has 0 bridgehead atoms. The predicted molar refractivity (Wildman–Crippen MR) is 160 cm³/mol. The minimum atomic E-state index is -0.571. The molecule has 7 rings (SSSR count). The largest absolute Gasteiger partial charge is 0.480 e. The maximum atomic E-state index is 12.8. The number of benzene rings is 2. The summed E-state index contributed by atoms with van der Waals surface area (Å²) in [5.74, 6) is 2.25. The number of carbonyl (C=O) groups is 2. The van der Waals surface area contributed by atoms with Gasteiger partial charge < -0.3 is 23.8 Å². The summed E-state index contributed by atoms with van der Waals surface area (Å²) in [5.41, 5.74) is 2.66. The Bertz CT molecular complexity index is 1520. The second kappa shape index (κ2) is 10.7. The third-order valence-electron chi connectivity index (χ3n) is 9.65. The van der Waals surface area contributed by atoms with Crippen LogP contribution in [-0.4, -0.2) is 63.4 Å². The second-order valence-corrected chi connectivity index (χ2v) is 13.2. The molecule has 1 atom stereocenters. The van der Waals surface area contributed by atoms with Crippen molar-refractivity contribution in [3.8, 4) is 17.0 Å². The van der Waals surface area contributed by atoms with Crippen molar-refractivity contribution in [1.29, 1.82) is 0 Å². The van der Waals surface area contributed by atoms with Crippen molar-refractivity contribution < 1.29 is 23.9 Å². The standard InChI is InChI=1S/C34H40N4O5/c1-33(2)21-25(15-18-38(33)43-31(39)24-9-5-4-6-10-24)30-35-28-26-11-7-8-12-27(26)42-34(29(28)36(30)3)16-19-37(20-17-34)32(40)41-22-23-13-14-23/h4-12,23,25H,13-22H2,1-3H3/t25-/m1/s1. The maximum Gasteiger partial charge on any atom is 0.409 e. The Balaban J connectivity index is 1.13. The average Bonchev–Trinajstić information content (AvgIpc) is 3.78. The number of carbonyl (C=O) groups excluding carboxylic acids is 2. The number of para-hydroxylation sites is 1.